The van der Waals surface area contributed by atoms with Gasteiger partial charge >= 0.3 is 15.5 Å². The number of hydrogen-bond donors (Lipinski definition) is 2. The van der Waals surface area contributed by atoms with Gasteiger partial charge in [0.15, 0.2) is 0 Å². The number of benzene rings is 2. The van der Waals surface area contributed by atoms with Gasteiger partial charge in [-0.3, -0.25) is 4.79 Å². The van der Waals surface area contributed by atoms with Gasteiger partial charge in [0.05, 0.1) is 12.6 Å². The van der Waals surface area contributed by atoms with Gasteiger partial charge in [0.2, 0.25) is 5.91 Å². The Morgan fingerprint density at radius 1 is 1.03 bits per heavy atom. The highest BCUT2D eigenvalue weighted by atomic mass is 32.2. The van der Waals surface area contributed by atoms with Crippen LogP contribution in [0.5, 0.6) is 0 Å². The lowest BCUT2D eigenvalue weighted by Gasteiger charge is -2.26. The molecule has 0 aliphatic heterocycles. The van der Waals surface area contributed by atoms with E-state index in [2.05, 4.69) is 0 Å². The molecule has 2 aromatic carbocycles. The SMILES string of the molecule is O=C(CCNS(=O)(=O)C(F)(F)F)N(Cc1ccccc1)CC(O)c1ccccc1. The van der Waals surface area contributed by atoms with Gasteiger partial charge in [-0.05, 0) is 11.1 Å². The van der Waals surface area contributed by atoms with Crippen molar-refractivity contribution in [1.29, 1.82) is 0 Å². The van der Waals surface area contributed by atoms with Crippen molar-refractivity contribution in [3.63, 3.8) is 0 Å². The topological polar surface area (TPSA) is 86.7 Å². The van der Waals surface area contributed by atoms with Crippen molar-refractivity contribution in [2.75, 3.05) is 13.1 Å². The molecule has 0 radical (unpaired) electrons. The molecule has 2 rings (SSSR count). The Bertz CT molecular complexity index is 891. The maximum atomic E-state index is 12.5. The largest absolute Gasteiger partial charge is 0.511 e. The third-order valence-electron chi connectivity index (χ3n) is 4.08. The number of hydrogen-bond acceptors (Lipinski definition) is 4. The maximum absolute atomic E-state index is 12.5. The van der Waals surface area contributed by atoms with Crippen molar-refractivity contribution in [2.45, 2.75) is 24.6 Å². The third-order valence-corrected chi connectivity index (χ3v) is 5.28. The van der Waals surface area contributed by atoms with Crippen LogP contribution in [0.1, 0.15) is 23.7 Å². The van der Waals surface area contributed by atoms with Crippen LogP contribution in [-0.4, -0.2) is 42.9 Å². The summed E-state index contributed by atoms with van der Waals surface area (Å²) in [5.74, 6) is -0.589. The number of aliphatic hydroxyl groups is 1. The monoisotopic (exact) mass is 430 g/mol. The van der Waals surface area contributed by atoms with Crippen LogP contribution in [0.25, 0.3) is 0 Å². The lowest BCUT2D eigenvalue weighted by Crippen LogP contribution is -2.40. The predicted octanol–water partition coefficient (Wildman–Crippen LogP) is 2.58. The molecule has 2 aromatic rings. The number of nitrogens with one attached hydrogen (secondary N) is 1. The van der Waals surface area contributed by atoms with E-state index >= 15 is 0 Å². The van der Waals surface area contributed by atoms with Crippen LogP contribution in [0.15, 0.2) is 60.7 Å². The molecule has 0 aliphatic carbocycles. The zero-order valence-electron chi connectivity index (χ0n) is 15.3. The standard InChI is InChI=1S/C19H21F3N2O4S/c20-19(21,22)29(27,28)23-12-11-18(26)24(13-15-7-3-1-4-8-15)14-17(25)16-9-5-2-6-10-16/h1-10,17,23,25H,11-14H2. The molecule has 0 aliphatic rings. The van der Waals surface area contributed by atoms with Crippen molar-refractivity contribution < 1.29 is 31.5 Å². The molecule has 10 heteroatoms. The van der Waals surface area contributed by atoms with Crippen molar-refractivity contribution in [2.24, 2.45) is 0 Å². The van der Waals surface area contributed by atoms with E-state index in [9.17, 15) is 31.5 Å². The van der Waals surface area contributed by atoms with Gasteiger partial charge in [-0.15, -0.1) is 0 Å². The minimum Gasteiger partial charge on any atom is -0.387 e. The number of nitrogens with zero attached hydrogens (tertiary/aromatic N) is 1. The van der Waals surface area contributed by atoms with Gasteiger partial charge in [0.25, 0.3) is 0 Å². The van der Waals surface area contributed by atoms with Crippen LogP contribution in [0.3, 0.4) is 0 Å². The number of rotatable bonds is 9. The normalized spacial score (nSPS) is 13.1. The van der Waals surface area contributed by atoms with Crippen LogP contribution in [0, 0.1) is 0 Å². The summed E-state index contributed by atoms with van der Waals surface area (Å²) in [6, 6.07) is 17.5. The summed E-state index contributed by atoms with van der Waals surface area (Å²) in [5.41, 5.74) is -4.10. The molecule has 1 amide bonds. The highest BCUT2D eigenvalue weighted by Gasteiger charge is 2.45. The zero-order chi connectivity index (χ0) is 21.5. The van der Waals surface area contributed by atoms with Crippen molar-refractivity contribution in [1.82, 2.24) is 9.62 Å². The van der Waals surface area contributed by atoms with Gasteiger partial charge < -0.3 is 10.0 Å². The average Bonchev–Trinajstić information content (AvgIpc) is 2.67. The molecule has 6 nitrogen and oxygen atoms in total. The minimum absolute atomic E-state index is 0.0935. The minimum atomic E-state index is -5.51. The summed E-state index contributed by atoms with van der Waals surface area (Å²) in [4.78, 5) is 13.8. The first kappa shape index (κ1) is 22.9. The molecule has 29 heavy (non-hydrogen) atoms. The van der Waals surface area contributed by atoms with Crippen LogP contribution in [0.4, 0.5) is 13.2 Å². The van der Waals surface area contributed by atoms with Crippen LogP contribution < -0.4 is 4.72 Å². The van der Waals surface area contributed by atoms with Gasteiger partial charge in [-0.1, -0.05) is 60.7 Å². The van der Waals surface area contributed by atoms with Gasteiger partial charge in [0.1, 0.15) is 0 Å². The Morgan fingerprint density at radius 2 is 1.59 bits per heavy atom. The number of alkyl halides is 3. The molecule has 0 aromatic heterocycles. The smallest absolute Gasteiger partial charge is 0.387 e. The van der Waals surface area contributed by atoms with Crippen molar-refractivity contribution >= 4 is 15.9 Å². The van der Waals surface area contributed by atoms with Gasteiger partial charge in [-0.25, -0.2) is 13.1 Å². The molecule has 0 fully saturated rings. The fraction of sp³-hybridized carbons (Fsp3) is 0.316. The summed E-state index contributed by atoms with van der Waals surface area (Å²) in [6.07, 6.45) is -1.49. The van der Waals surface area contributed by atoms with E-state index in [0.29, 0.717) is 5.56 Å². The molecule has 0 saturated heterocycles. The van der Waals surface area contributed by atoms with Crippen LogP contribution >= 0.6 is 0 Å². The quantitative estimate of drug-likeness (QED) is 0.640. The summed E-state index contributed by atoms with van der Waals surface area (Å²) in [7, 11) is -5.51. The second kappa shape index (κ2) is 9.86. The average molecular weight is 430 g/mol. The Balaban J connectivity index is 2.06. The highest BCUT2D eigenvalue weighted by molar-refractivity contribution is 7.90. The number of halogens is 3. The highest BCUT2D eigenvalue weighted by Crippen LogP contribution is 2.21. The second-order valence-electron chi connectivity index (χ2n) is 6.28. The first-order valence-electron chi connectivity index (χ1n) is 8.71. The van der Waals surface area contributed by atoms with Crippen molar-refractivity contribution in [3.05, 3.63) is 71.8 Å². The van der Waals surface area contributed by atoms with E-state index < -0.39 is 40.5 Å². The second-order valence-corrected chi connectivity index (χ2v) is 8.04. The Labute approximate surface area is 167 Å². The van der Waals surface area contributed by atoms with Crippen LogP contribution in [0.2, 0.25) is 0 Å². The number of carbonyl (C=O) groups excluding carboxylic acids is 1. The van der Waals surface area contributed by atoms with E-state index in [-0.39, 0.29) is 13.1 Å². The molecule has 0 spiro atoms. The van der Waals surface area contributed by atoms with E-state index in [1.165, 1.54) is 9.62 Å². The zero-order valence-corrected chi connectivity index (χ0v) is 16.2. The lowest BCUT2D eigenvalue weighted by atomic mass is 10.1. The molecule has 158 valence electrons. The molecule has 0 saturated carbocycles. The number of sulfonamides is 1. The summed E-state index contributed by atoms with van der Waals surface area (Å²) in [5, 5.41) is 10.4. The first-order valence-corrected chi connectivity index (χ1v) is 10.2. The molecular weight excluding hydrogens is 409 g/mol. The molecule has 1 atom stereocenters. The number of carbonyl (C=O) groups is 1. The molecular formula is C19H21F3N2O4S. The van der Waals surface area contributed by atoms with E-state index in [1.807, 2.05) is 0 Å². The van der Waals surface area contributed by atoms with Crippen LogP contribution in [-0.2, 0) is 21.4 Å². The van der Waals surface area contributed by atoms with Gasteiger partial charge in [0, 0.05) is 19.5 Å². The molecule has 0 bridgehead atoms. The summed E-state index contributed by atoms with van der Waals surface area (Å²) < 4.78 is 60.6. The summed E-state index contributed by atoms with van der Waals surface area (Å²) in [6.45, 7) is -0.674. The Kier molecular flexibility index (Phi) is 7.77. The van der Waals surface area contributed by atoms with E-state index in [4.69, 9.17) is 0 Å². The fourth-order valence-electron chi connectivity index (χ4n) is 2.58. The Hall–Kier alpha value is -2.43. The number of aliphatic hydroxyl groups excluding tert-OH is 1. The summed E-state index contributed by atoms with van der Waals surface area (Å²) >= 11 is 0. The molecule has 1 unspecified atom stereocenters. The molecule has 0 heterocycles. The first-order chi connectivity index (χ1) is 13.6. The third kappa shape index (κ3) is 6.84. The predicted molar refractivity (Wildman–Crippen MR) is 101 cm³/mol. The van der Waals surface area contributed by atoms with Crippen molar-refractivity contribution in [3.8, 4) is 0 Å². The Morgan fingerprint density at radius 3 is 2.14 bits per heavy atom. The fourth-order valence-corrected chi connectivity index (χ4v) is 3.11. The van der Waals surface area contributed by atoms with Gasteiger partial charge in [-0.2, -0.15) is 13.2 Å². The lowest BCUT2D eigenvalue weighted by molar-refractivity contribution is -0.133. The maximum Gasteiger partial charge on any atom is 0.511 e. The number of amides is 1. The van der Waals surface area contributed by atoms with E-state index in [0.717, 1.165) is 5.56 Å². The van der Waals surface area contributed by atoms with E-state index in [1.54, 1.807) is 60.7 Å². The molecule has 2 N–H and O–H groups in total.